The maximum Gasteiger partial charge on any atom is 0.338 e. The predicted molar refractivity (Wildman–Crippen MR) is 114 cm³/mol. The van der Waals surface area contributed by atoms with Crippen LogP contribution < -0.4 is 10.6 Å². The van der Waals surface area contributed by atoms with Gasteiger partial charge in [0.15, 0.2) is 0 Å². The fourth-order valence-electron chi connectivity index (χ4n) is 3.04. The molecule has 0 spiro atoms. The van der Waals surface area contributed by atoms with Gasteiger partial charge in [-0.1, -0.05) is 20.3 Å². The molecule has 1 aromatic carbocycles. The molecular formula is C22H31N3O6. The highest BCUT2D eigenvalue weighted by Crippen LogP contribution is 2.13. The molecule has 31 heavy (non-hydrogen) atoms. The molecule has 0 aromatic heterocycles. The third-order valence-corrected chi connectivity index (χ3v) is 4.77. The molecule has 2 N–H and O–H groups in total. The van der Waals surface area contributed by atoms with Crippen LogP contribution in [-0.4, -0.2) is 67.5 Å². The molecule has 9 nitrogen and oxygen atoms in total. The van der Waals surface area contributed by atoms with Crippen molar-refractivity contribution >= 4 is 29.4 Å². The first-order valence-corrected chi connectivity index (χ1v) is 10.7. The van der Waals surface area contributed by atoms with Gasteiger partial charge in [0, 0.05) is 18.8 Å². The van der Waals surface area contributed by atoms with E-state index < -0.39 is 18.0 Å². The van der Waals surface area contributed by atoms with Crippen LogP contribution in [0.1, 0.15) is 49.9 Å². The summed E-state index contributed by atoms with van der Waals surface area (Å²) in [6.07, 6.45) is 2.23. The number of piperazine rings is 1. The minimum atomic E-state index is -0.882. The molecule has 2 rings (SSSR count). The minimum Gasteiger partial charge on any atom is -0.466 e. The van der Waals surface area contributed by atoms with Crippen LogP contribution in [0.15, 0.2) is 24.3 Å². The van der Waals surface area contributed by atoms with Crippen molar-refractivity contribution in [2.45, 2.75) is 45.6 Å². The highest BCUT2D eigenvalue weighted by atomic mass is 16.5. The number of benzene rings is 1. The molecule has 1 aromatic rings. The molecule has 0 saturated carbocycles. The first-order chi connectivity index (χ1) is 15.0. The van der Waals surface area contributed by atoms with E-state index in [1.807, 2.05) is 13.8 Å². The van der Waals surface area contributed by atoms with Crippen molar-refractivity contribution < 1.29 is 28.7 Å². The molecule has 0 aliphatic carbocycles. The van der Waals surface area contributed by atoms with Gasteiger partial charge in [0.1, 0.15) is 6.04 Å². The fourth-order valence-corrected chi connectivity index (χ4v) is 3.04. The summed E-state index contributed by atoms with van der Waals surface area (Å²) >= 11 is 0. The molecule has 1 aliphatic rings. The number of amides is 2. The number of unbranched alkanes of at least 4 members (excludes halogenated alkanes) is 1. The SMILES string of the molecule is CCCCOC(=O)CC1C(=O)NCCN1C(=O)CNc1ccc(C(=O)OCCC)cc1. The minimum absolute atomic E-state index is 0.0473. The van der Waals surface area contributed by atoms with Crippen LogP contribution in [0.4, 0.5) is 5.69 Å². The van der Waals surface area contributed by atoms with E-state index in [-0.39, 0.29) is 24.8 Å². The van der Waals surface area contributed by atoms with E-state index in [1.165, 1.54) is 4.90 Å². The van der Waals surface area contributed by atoms with E-state index in [9.17, 15) is 19.2 Å². The molecule has 0 radical (unpaired) electrons. The number of anilines is 1. The summed E-state index contributed by atoms with van der Waals surface area (Å²) in [5.41, 5.74) is 1.08. The fraction of sp³-hybridized carbons (Fsp3) is 0.545. The Labute approximate surface area is 182 Å². The normalized spacial score (nSPS) is 15.7. The third-order valence-electron chi connectivity index (χ3n) is 4.77. The van der Waals surface area contributed by atoms with Gasteiger partial charge < -0.3 is 25.0 Å². The number of hydrogen-bond acceptors (Lipinski definition) is 7. The second kappa shape index (κ2) is 12.6. The van der Waals surface area contributed by atoms with Crippen LogP contribution >= 0.6 is 0 Å². The molecule has 170 valence electrons. The number of rotatable bonds is 11. The van der Waals surface area contributed by atoms with E-state index in [0.717, 1.165) is 19.3 Å². The number of esters is 2. The summed E-state index contributed by atoms with van der Waals surface area (Å²) in [4.78, 5) is 50.3. The first kappa shape index (κ1) is 24.2. The Balaban J connectivity index is 1.90. The number of ether oxygens (including phenoxy) is 2. The molecule has 9 heteroatoms. The van der Waals surface area contributed by atoms with Gasteiger partial charge in [-0.2, -0.15) is 0 Å². The van der Waals surface area contributed by atoms with Gasteiger partial charge in [0.2, 0.25) is 11.8 Å². The Kier molecular flexibility index (Phi) is 9.80. The standard InChI is InChI=1S/C22H31N3O6/c1-3-5-13-30-20(27)14-18-21(28)23-10-11-25(18)19(26)15-24-17-8-6-16(7-9-17)22(29)31-12-4-2/h6-9,18,24H,3-5,10-15H2,1-2H3,(H,23,28). The molecule has 1 unspecified atom stereocenters. The Hall–Kier alpha value is -3.10. The lowest BCUT2D eigenvalue weighted by Crippen LogP contribution is -2.58. The summed E-state index contributed by atoms with van der Waals surface area (Å²) in [5.74, 6) is -1.54. The van der Waals surface area contributed by atoms with Crippen LogP contribution in [-0.2, 0) is 23.9 Å². The zero-order chi connectivity index (χ0) is 22.6. The van der Waals surface area contributed by atoms with Gasteiger partial charge in [-0.3, -0.25) is 14.4 Å². The molecule has 1 fully saturated rings. The van der Waals surface area contributed by atoms with E-state index in [0.29, 0.717) is 37.6 Å². The molecule has 1 heterocycles. The summed E-state index contributed by atoms with van der Waals surface area (Å²) in [5, 5.41) is 5.68. The summed E-state index contributed by atoms with van der Waals surface area (Å²) in [7, 11) is 0. The van der Waals surface area contributed by atoms with Gasteiger partial charge in [0.25, 0.3) is 0 Å². The Morgan fingerprint density at radius 2 is 1.84 bits per heavy atom. The highest BCUT2D eigenvalue weighted by molar-refractivity contribution is 5.93. The summed E-state index contributed by atoms with van der Waals surface area (Å²) < 4.78 is 10.2. The maximum atomic E-state index is 12.7. The third kappa shape index (κ3) is 7.58. The lowest BCUT2D eigenvalue weighted by atomic mass is 10.1. The largest absolute Gasteiger partial charge is 0.466 e. The van der Waals surface area contributed by atoms with Gasteiger partial charge in [-0.15, -0.1) is 0 Å². The Bertz CT molecular complexity index is 765. The molecular weight excluding hydrogens is 402 g/mol. The van der Waals surface area contributed by atoms with Crippen LogP contribution in [0, 0.1) is 0 Å². The van der Waals surface area contributed by atoms with E-state index in [4.69, 9.17) is 9.47 Å². The van der Waals surface area contributed by atoms with Crippen molar-refractivity contribution in [3.63, 3.8) is 0 Å². The van der Waals surface area contributed by atoms with Gasteiger partial charge >= 0.3 is 11.9 Å². The zero-order valence-corrected chi connectivity index (χ0v) is 18.1. The number of nitrogens with zero attached hydrogens (tertiary/aromatic N) is 1. The van der Waals surface area contributed by atoms with Crippen molar-refractivity contribution in [3.05, 3.63) is 29.8 Å². The van der Waals surface area contributed by atoms with E-state index in [1.54, 1.807) is 24.3 Å². The number of hydrogen-bond donors (Lipinski definition) is 2. The van der Waals surface area contributed by atoms with Crippen molar-refractivity contribution in [3.8, 4) is 0 Å². The molecule has 1 atom stereocenters. The average Bonchev–Trinajstić information content (AvgIpc) is 2.77. The van der Waals surface area contributed by atoms with Gasteiger partial charge in [-0.25, -0.2) is 4.79 Å². The second-order valence-corrected chi connectivity index (χ2v) is 7.24. The Morgan fingerprint density at radius 3 is 2.52 bits per heavy atom. The Morgan fingerprint density at radius 1 is 1.10 bits per heavy atom. The van der Waals surface area contributed by atoms with Crippen LogP contribution in [0.3, 0.4) is 0 Å². The smallest absolute Gasteiger partial charge is 0.338 e. The van der Waals surface area contributed by atoms with Crippen molar-refractivity contribution in [1.82, 2.24) is 10.2 Å². The van der Waals surface area contributed by atoms with E-state index >= 15 is 0 Å². The lowest BCUT2D eigenvalue weighted by molar-refractivity contribution is -0.151. The number of nitrogens with one attached hydrogen (secondary N) is 2. The highest BCUT2D eigenvalue weighted by Gasteiger charge is 2.34. The number of carbonyl (C=O) groups is 4. The van der Waals surface area contributed by atoms with Crippen LogP contribution in [0.25, 0.3) is 0 Å². The average molecular weight is 434 g/mol. The zero-order valence-electron chi connectivity index (χ0n) is 18.1. The van der Waals surface area contributed by atoms with Crippen molar-refractivity contribution in [1.29, 1.82) is 0 Å². The topological polar surface area (TPSA) is 114 Å². The molecule has 0 bridgehead atoms. The first-order valence-electron chi connectivity index (χ1n) is 10.7. The predicted octanol–water partition coefficient (Wildman–Crippen LogP) is 1.73. The van der Waals surface area contributed by atoms with E-state index in [2.05, 4.69) is 10.6 Å². The lowest BCUT2D eigenvalue weighted by Gasteiger charge is -2.34. The molecule has 2 amide bonds. The maximum absolute atomic E-state index is 12.7. The van der Waals surface area contributed by atoms with Gasteiger partial charge in [-0.05, 0) is 37.1 Å². The quantitative estimate of drug-likeness (QED) is 0.403. The van der Waals surface area contributed by atoms with Gasteiger partial charge in [0.05, 0.1) is 31.7 Å². The summed E-state index contributed by atoms with van der Waals surface area (Å²) in [6, 6.07) is 5.72. The van der Waals surface area contributed by atoms with Crippen LogP contribution in [0.2, 0.25) is 0 Å². The van der Waals surface area contributed by atoms with Crippen LogP contribution in [0.5, 0.6) is 0 Å². The second-order valence-electron chi connectivity index (χ2n) is 7.24. The summed E-state index contributed by atoms with van der Waals surface area (Å²) in [6.45, 7) is 5.19. The van der Waals surface area contributed by atoms with Crippen molar-refractivity contribution in [2.75, 3.05) is 38.2 Å². The van der Waals surface area contributed by atoms with Crippen molar-refractivity contribution in [2.24, 2.45) is 0 Å². The molecule has 1 saturated heterocycles. The number of carbonyl (C=O) groups excluding carboxylic acids is 4. The monoisotopic (exact) mass is 433 g/mol. The molecule has 1 aliphatic heterocycles.